The van der Waals surface area contributed by atoms with Crippen molar-refractivity contribution < 1.29 is 0 Å². The fourth-order valence-corrected chi connectivity index (χ4v) is 2.01. The van der Waals surface area contributed by atoms with Crippen LogP contribution in [0.5, 0.6) is 0 Å². The number of nitrogens with zero attached hydrogens (tertiary/aromatic N) is 2. The van der Waals surface area contributed by atoms with Gasteiger partial charge in [0.15, 0.2) is 0 Å². The third-order valence-electron chi connectivity index (χ3n) is 2.70. The van der Waals surface area contributed by atoms with E-state index in [1.54, 1.807) is 0 Å². The minimum Gasteiger partial charge on any atom is -0.261 e. The molecular formula is C13H10N2. The number of hydrogen-bond donors (Lipinski definition) is 0. The molecule has 0 aliphatic rings. The molecule has 0 amide bonds. The summed E-state index contributed by atoms with van der Waals surface area (Å²) in [6.07, 6.45) is 3.67. The van der Waals surface area contributed by atoms with Gasteiger partial charge in [0.2, 0.25) is 0 Å². The molecule has 0 saturated heterocycles. The zero-order valence-corrected chi connectivity index (χ0v) is 8.44. The number of hydrogen-bond acceptors (Lipinski definition) is 2. The third-order valence-corrected chi connectivity index (χ3v) is 2.70. The lowest BCUT2D eigenvalue weighted by Gasteiger charge is -2.04. The second-order valence-electron chi connectivity index (χ2n) is 3.63. The van der Waals surface area contributed by atoms with Crippen LogP contribution in [-0.4, -0.2) is 9.97 Å². The lowest BCUT2D eigenvalue weighted by Crippen LogP contribution is -1.86. The van der Waals surface area contributed by atoms with E-state index in [2.05, 4.69) is 28.2 Å². The molecule has 0 fully saturated rings. The highest BCUT2D eigenvalue weighted by Crippen LogP contribution is 2.25. The van der Waals surface area contributed by atoms with Gasteiger partial charge in [-0.05, 0) is 30.5 Å². The summed E-state index contributed by atoms with van der Waals surface area (Å²) in [7, 11) is 0. The Labute approximate surface area is 87.6 Å². The Bertz CT molecular complexity index is 644. The first kappa shape index (κ1) is 8.36. The molecule has 3 rings (SSSR count). The van der Waals surface area contributed by atoms with Gasteiger partial charge in [0.1, 0.15) is 0 Å². The minimum atomic E-state index is 1.03. The maximum Gasteiger partial charge on any atom is 0.0709 e. The van der Waals surface area contributed by atoms with Crippen molar-refractivity contribution in [3.05, 3.63) is 48.4 Å². The van der Waals surface area contributed by atoms with E-state index in [0.29, 0.717) is 0 Å². The monoisotopic (exact) mass is 194 g/mol. The van der Waals surface area contributed by atoms with Crippen LogP contribution in [0.15, 0.2) is 42.7 Å². The SMILES string of the molecule is Cc1nccc2ccc3ncccc3c12. The third kappa shape index (κ3) is 1.18. The lowest BCUT2D eigenvalue weighted by atomic mass is 10.0. The molecule has 2 heterocycles. The molecule has 0 bridgehead atoms. The average molecular weight is 194 g/mol. The average Bonchev–Trinajstić information content (AvgIpc) is 2.29. The van der Waals surface area contributed by atoms with Gasteiger partial charge in [0.25, 0.3) is 0 Å². The number of benzene rings is 1. The molecule has 0 radical (unpaired) electrons. The largest absolute Gasteiger partial charge is 0.261 e. The van der Waals surface area contributed by atoms with Crippen LogP contribution < -0.4 is 0 Å². The molecule has 1 aromatic carbocycles. The number of aryl methyl sites for hydroxylation is 1. The summed E-state index contributed by atoms with van der Waals surface area (Å²) >= 11 is 0. The smallest absolute Gasteiger partial charge is 0.0709 e. The zero-order valence-electron chi connectivity index (χ0n) is 8.44. The van der Waals surface area contributed by atoms with Gasteiger partial charge in [0.05, 0.1) is 5.52 Å². The topological polar surface area (TPSA) is 25.8 Å². The predicted octanol–water partition coefficient (Wildman–Crippen LogP) is 3.09. The van der Waals surface area contributed by atoms with Crippen molar-refractivity contribution >= 4 is 21.7 Å². The van der Waals surface area contributed by atoms with Gasteiger partial charge < -0.3 is 0 Å². The molecule has 2 aromatic heterocycles. The van der Waals surface area contributed by atoms with E-state index in [1.165, 1.54) is 16.2 Å². The highest BCUT2D eigenvalue weighted by Gasteiger charge is 2.03. The molecule has 15 heavy (non-hydrogen) atoms. The van der Waals surface area contributed by atoms with E-state index in [0.717, 1.165) is 11.2 Å². The lowest BCUT2D eigenvalue weighted by molar-refractivity contribution is 1.24. The highest BCUT2D eigenvalue weighted by atomic mass is 14.7. The van der Waals surface area contributed by atoms with Gasteiger partial charge >= 0.3 is 0 Å². The van der Waals surface area contributed by atoms with Crippen molar-refractivity contribution in [1.29, 1.82) is 0 Å². The van der Waals surface area contributed by atoms with Gasteiger partial charge in [-0.15, -0.1) is 0 Å². The Morgan fingerprint density at radius 3 is 2.80 bits per heavy atom. The van der Waals surface area contributed by atoms with Crippen molar-refractivity contribution in [3.8, 4) is 0 Å². The summed E-state index contributed by atoms with van der Waals surface area (Å²) in [6.45, 7) is 2.04. The number of aromatic nitrogens is 2. The maximum atomic E-state index is 4.34. The highest BCUT2D eigenvalue weighted by molar-refractivity contribution is 6.07. The van der Waals surface area contributed by atoms with Gasteiger partial charge in [0, 0.05) is 28.9 Å². The first-order valence-electron chi connectivity index (χ1n) is 4.95. The Morgan fingerprint density at radius 1 is 0.933 bits per heavy atom. The van der Waals surface area contributed by atoms with Crippen LogP contribution in [0.3, 0.4) is 0 Å². The van der Waals surface area contributed by atoms with Crippen molar-refractivity contribution in [2.45, 2.75) is 6.92 Å². The van der Waals surface area contributed by atoms with E-state index in [1.807, 2.05) is 31.5 Å². The molecule has 3 aromatic rings. The normalized spacial score (nSPS) is 11.0. The number of fused-ring (bicyclic) bond motifs is 3. The van der Waals surface area contributed by atoms with E-state index < -0.39 is 0 Å². The fraction of sp³-hybridized carbons (Fsp3) is 0.0769. The molecule has 0 spiro atoms. The van der Waals surface area contributed by atoms with E-state index in [9.17, 15) is 0 Å². The molecule has 0 aliphatic heterocycles. The van der Waals surface area contributed by atoms with Crippen LogP contribution in [-0.2, 0) is 0 Å². The molecular weight excluding hydrogens is 184 g/mol. The van der Waals surface area contributed by atoms with Crippen molar-refractivity contribution in [2.24, 2.45) is 0 Å². The van der Waals surface area contributed by atoms with Crippen LogP contribution in [0.2, 0.25) is 0 Å². The van der Waals surface area contributed by atoms with Gasteiger partial charge in [-0.25, -0.2) is 0 Å². The summed E-state index contributed by atoms with van der Waals surface area (Å²) in [6, 6.07) is 10.2. The van der Waals surface area contributed by atoms with Gasteiger partial charge in [-0.2, -0.15) is 0 Å². The Morgan fingerprint density at radius 2 is 1.87 bits per heavy atom. The van der Waals surface area contributed by atoms with Crippen LogP contribution in [0, 0.1) is 6.92 Å². The summed E-state index contributed by atoms with van der Waals surface area (Å²) < 4.78 is 0. The molecule has 0 unspecified atom stereocenters. The van der Waals surface area contributed by atoms with E-state index in [-0.39, 0.29) is 0 Å². The second-order valence-corrected chi connectivity index (χ2v) is 3.63. The van der Waals surface area contributed by atoms with E-state index >= 15 is 0 Å². The van der Waals surface area contributed by atoms with Gasteiger partial charge in [-0.1, -0.05) is 12.1 Å². The van der Waals surface area contributed by atoms with E-state index in [4.69, 9.17) is 0 Å². The van der Waals surface area contributed by atoms with Crippen molar-refractivity contribution in [1.82, 2.24) is 9.97 Å². The van der Waals surface area contributed by atoms with Crippen LogP contribution in [0.1, 0.15) is 5.69 Å². The molecule has 0 aliphatic carbocycles. The summed E-state index contributed by atoms with van der Waals surface area (Å²) in [5.41, 5.74) is 2.09. The standard InChI is InChI=1S/C13H10N2/c1-9-13-10(6-8-14-9)4-5-12-11(13)3-2-7-15-12/h2-8H,1H3. The number of pyridine rings is 2. The summed E-state index contributed by atoms with van der Waals surface area (Å²) in [5.74, 6) is 0. The quantitative estimate of drug-likeness (QED) is 0.514. The Kier molecular flexibility index (Phi) is 1.68. The second kappa shape index (κ2) is 3.02. The van der Waals surface area contributed by atoms with Crippen LogP contribution in [0.4, 0.5) is 0 Å². The summed E-state index contributed by atoms with van der Waals surface area (Å²) in [5, 5.41) is 3.62. The molecule has 0 N–H and O–H groups in total. The Balaban J connectivity index is 2.64. The first-order valence-corrected chi connectivity index (χ1v) is 4.95. The molecule has 2 nitrogen and oxygen atoms in total. The zero-order chi connectivity index (χ0) is 10.3. The van der Waals surface area contributed by atoms with Crippen molar-refractivity contribution in [2.75, 3.05) is 0 Å². The minimum absolute atomic E-state index is 1.03. The first-order chi connectivity index (χ1) is 7.36. The molecule has 0 atom stereocenters. The molecule has 2 heteroatoms. The Hall–Kier alpha value is -1.96. The van der Waals surface area contributed by atoms with Gasteiger partial charge in [-0.3, -0.25) is 9.97 Å². The molecule has 0 saturated carbocycles. The number of rotatable bonds is 0. The predicted molar refractivity (Wildman–Crippen MR) is 61.8 cm³/mol. The maximum absolute atomic E-state index is 4.34. The summed E-state index contributed by atoms with van der Waals surface area (Å²) in [4.78, 5) is 8.67. The van der Waals surface area contributed by atoms with Crippen molar-refractivity contribution in [3.63, 3.8) is 0 Å². The van der Waals surface area contributed by atoms with Crippen LogP contribution in [0.25, 0.3) is 21.7 Å². The molecule has 72 valence electrons. The van der Waals surface area contributed by atoms with Crippen LogP contribution >= 0.6 is 0 Å². The fourth-order valence-electron chi connectivity index (χ4n) is 2.01.